The second kappa shape index (κ2) is 15.9. The normalized spacial score (nSPS) is 11.1. The summed E-state index contributed by atoms with van der Waals surface area (Å²) in [6.45, 7) is 13.2. The van der Waals surface area contributed by atoms with Crippen LogP contribution in [0.2, 0.25) is 0 Å². The van der Waals surface area contributed by atoms with Gasteiger partial charge in [0.2, 0.25) is 0 Å². The van der Waals surface area contributed by atoms with Crippen molar-refractivity contribution < 1.29 is 41.9 Å². The van der Waals surface area contributed by atoms with Crippen LogP contribution < -0.4 is 4.74 Å². The Morgan fingerprint density at radius 1 is 0.905 bits per heavy atom. The molecule has 1 unspecified atom stereocenters. The first-order valence-electron chi connectivity index (χ1n) is 12.6. The molecule has 0 aliphatic rings. The maximum Gasteiger partial charge on any atom is 0.335 e. The van der Waals surface area contributed by atoms with Crippen LogP contribution in [-0.4, -0.2) is 43.5 Å². The van der Waals surface area contributed by atoms with Crippen LogP contribution in [0.3, 0.4) is 0 Å². The summed E-state index contributed by atoms with van der Waals surface area (Å²) in [5.41, 5.74) is 0.875. The molecule has 0 radical (unpaired) electrons. The lowest BCUT2D eigenvalue weighted by Gasteiger charge is -2.10. The zero-order chi connectivity index (χ0) is 31.3. The van der Waals surface area contributed by atoms with Crippen LogP contribution in [0.5, 0.6) is 11.5 Å². The van der Waals surface area contributed by atoms with E-state index in [1.807, 2.05) is 36.4 Å². The second-order valence-corrected chi connectivity index (χ2v) is 9.92. The van der Waals surface area contributed by atoms with Crippen molar-refractivity contribution in [3.8, 4) is 11.5 Å². The van der Waals surface area contributed by atoms with Gasteiger partial charge in [-0.05, 0) is 54.4 Å². The lowest BCUT2D eigenvalue weighted by molar-refractivity contribution is -0.158. The van der Waals surface area contributed by atoms with Gasteiger partial charge in [0.1, 0.15) is 11.5 Å². The minimum atomic E-state index is -3.57. The molecule has 0 aromatic heterocycles. The molecule has 10 heteroatoms. The Kier molecular flexibility index (Phi) is 12.6. The van der Waals surface area contributed by atoms with E-state index in [2.05, 4.69) is 28.7 Å². The number of aliphatic hydroxyl groups excluding tert-OH is 1. The molecule has 220 valence electrons. The summed E-state index contributed by atoms with van der Waals surface area (Å²) in [6, 6.07) is 21.1. The van der Waals surface area contributed by atoms with Gasteiger partial charge in [-0.3, -0.25) is 4.18 Å². The summed E-state index contributed by atoms with van der Waals surface area (Å²) in [5.74, 6) is -0.716. The summed E-state index contributed by atoms with van der Waals surface area (Å²) >= 11 is 0. The van der Waals surface area contributed by atoms with Crippen molar-refractivity contribution in [1.29, 1.82) is 0 Å². The number of benzene rings is 4. The lowest BCUT2D eigenvalue weighted by atomic mass is 10.0. The molecule has 0 spiro atoms. The third-order valence-corrected chi connectivity index (χ3v) is 6.73. The first kappa shape index (κ1) is 33.4. The molecule has 0 fully saturated rings. The standard InChI is InChI=1S/C17H12O3.C10H12O3S.C5H8O3/c1-2-15(18)20-14-9-5-7-12-10-11-6-3-4-8-13(11)17(19)16(12)14;1-3-9-5-7-10(8-6-9)14(11,12)13-4-2;1-3-5(7)8-4(2)6/h2-10,19H,1H2;3,5-8H,1,4H2,2H3;3-4,6H,1H2,2H3. The van der Waals surface area contributed by atoms with Gasteiger partial charge in [-0.25, -0.2) is 9.59 Å². The zero-order valence-electron chi connectivity index (χ0n) is 23.2. The topological polar surface area (TPSA) is 136 Å². The van der Waals surface area contributed by atoms with Gasteiger partial charge in [-0.1, -0.05) is 74.3 Å². The fourth-order valence-corrected chi connectivity index (χ4v) is 4.42. The molecule has 0 heterocycles. The van der Waals surface area contributed by atoms with Gasteiger partial charge >= 0.3 is 11.9 Å². The number of aliphatic hydroxyl groups is 1. The number of hydrogen-bond donors (Lipinski definition) is 2. The SMILES string of the molecule is C=CC(=O)OC(C)O.C=CC(=O)Oc1cccc2cc3ccccc3c(O)c12.C=Cc1ccc(S(=O)(=O)OCC)cc1. The Labute approximate surface area is 244 Å². The maximum atomic E-state index is 11.4. The van der Waals surface area contributed by atoms with Crippen LogP contribution in [0.1, 0.15) is 19.4 Å². The number of carbonyl (C=O) groups excluding carboxylic acids is 2. The van der Waals surface area contributed by atoms with Crippen molar-refractivity contribution in [2.24, 2.45) is 0 Å². The van der Waals surface area contributed by atoms with Crippen LogP contribution in [0.4, 0.5) is 0 Å². The fourth-order valence-electron chi connectivity index (χ4n) is 3.51. The molecule has 0 saturated heterocycles. The molecule has 4 rings (SSSR count). The van der Waals surface area contributed by atoms with E-state index in [1.165, 1.54) is 19.1 Å². The van der Waals surface area contributed by atoms with E-state index in [0.717, 1.165) is 33.9 Å². The molecular weight excluding hydrogens is 560 g/mol. The Morgan fingerprint density at radius 2 is 1.52 bits per heavy atom. The van der Waals surface area contributed by atoms with E-state index >= 15 is 0 Å². The first-order valence-corrected chi connectivity index (χ1v) is 14.0. The second-order valence-electron chi connectivity index (χ2n) is 8.30. The van der Waals surface area contributed by atoms with Crippen molar-refractivity contribution in [2.45, 2.75) is 25.0 Å². The van der Waals surface area contributed by atoms with Crippen molar-refractivity contribution in [3.63, 3.8) is 0 Å². The molecule has 0 aliphatic carbocycles. The Bertz CT molecular complexity index is 1670. The largest absolute Gasteiger partial charge is 0.507 e. The smallest absolute Gasteiger partial charge is 0.335 e. The quantitative estimate of drug-likeness (QED) is 0.0640. The summed E-state index contributed by atoms with van der Waals surface area (Å²) in [6.07, 6.45) is 2.70. The number of rotatable bonds is 8. The van der Waals surface area contributed by atoms with Crippen molar-refractivity contribution in [2.75, 3.05) is 6.61 Å². The van der Waals surface area contributed by atoms with E-state index < -0.39 is 28.3 Å². The number of esters is 2. The van der Waals surface area contributed by atoms with Crippen LogP contribution in [0.15, 0.2) is 110 Å². The number of ether oxygens (including phenoxy) is 2. The monoisotopic (exact) mass is 592 g/mol. The van der Waals surface area contributed by atoms with Crippen molar-refractivity contribution in [3.05, 3.63) is 110 Å². The van der Waals surface area contributed by atoms with Crippen LogP contribution >= 0.6 is 0 Å². The molecule has 0 saturated carbocycles. The Morgan fingerprint density at radius 3 is 2.07 bits per heavy atom. The van der Waals surface area contributed by atoms with E-state index in [1.54, 1.807) is 37.3 Å². The van der Waals surface area contributed by atoms with E-state index in [9.17, 15) is 23.1 Å². The van der Waals surface area contributed by atoms with Gasteiger partial charge in [0.05, 0.1) is 16.9 Å². The van der Waals surface area contributed by atoms with Crippen LogP contribution in [-0.2, 0) is 28.6 Å². The van der Waals surface area contributed by atoms with Gasteiger partial charge in [-0.2, -0.15) is 8.42 Å². The number of hydrogen-bond acceptors (Lipinski definition) is 9. The van der Waals surface area contributed by atoms with Gasteiger partial charge in [0.25, 0.3) is 10.1 Å². The van der Waals surface area contributed by atoms with Gasteiger partial charge in [0, 0.05) is 17.5 Å². The summed E-state index contributed by atoms with van der Waals surface area (Å²) in [7, 11) is -3.57. The average molecular weight is 593 g/mol. The summed E-state index contributed by atoms with van der Waals surface area (Å²) in [4.78, 5) is 21.7. The fraction of sp³-hybridized carbons (Fsp3) is 0.125. The highest BCUT2D eigenvalue weighted by Gasteiger charge is 2.14. The Balaban J connectivity index is 0.000000245. The molecule has 42 heavy (non-hydrogen) atoms. The van der Waals surface area contributed by atoms with Crippen molar-refractivity contribution >= 4 is 49.7 Å². The minimum absolute atomic E-state index is 0.116. The predicted octanol–water partition coefficient (Wildman–Crippen LogP) is 5.90. The van der Waals surface area contributed by atoms with E-state index in [4.69, 9.17) is 9.84 Å². The molecule has 9 nitrogen and oxygen atoms in total. The summed E-state index contributed by atoms with van der Waals surface area (Å²) in [5, 5.41) is 21.8. The Hall–Kier alpha value is -4.77. The lowest BCUT2D eigenvalue weighted by Crippen LogP contribution is -2.10. The molecule has 0 amide bonds. The summed E-state index contributed by atoms with van der Waals surface area (Å²) < 4.78 is 36.8. The van der Waals surface area contributed by atoms with Gasteiger partial charge in [-0.15, -0.1) is 0 Å². The zero-order valence-corrected chi connectivity index (χ0v) is 24.0. The van der Waals surface area contributed by atoms with Crippen LogP contribution in [0.25, 0.3) is 27.6 Å². The average Bonchev–Trinajstić information content (AvgIpc) is 2.97. The third kappa shape index (κ3) is 9.41. The molecule has 0 aliphatic heterocycles. The molecule has 0 bridgehead atoms. The van der Waals surface area contributed by atoms with Gasteiger partial charge < -0.3 is 19.7 Å². The molecule has 2 N–H and O–H groups in total. The van der Waals surface area contributed by atoms with E-state index in [0.29, 0.717) is 11.1 Å². The van der Waals surface area contributed by atoms with Gasteiger partial charge in [0.15, 0.2) is 6.29 Å². The van der Waals surface area contributed by atoms with Crippen LogP contribution in [0, 0.1) is 0 Å². The molecular formula is C32H32O9S. The number of carbonyl (C=O) groups is 2. The molecule has 4 aromatic carbocycles. The molecule has 4 aromatic rings. The highest BCUT2D eigenvalue weighted by atomic mass is 32.2. The number of aromatic hydroxyl groups is 1. The maximum absolute atomic E-state index is 11.4. The van der Waals surface area contributed by atoms with Crippen molar-refractivity contribution in [1.82, 2.24) is 0 Å². The number of phenolic OH excluding ortho intramolecular Hbond substituents is 1. The first-order chi connectivity index (χ1) is 20.0. The molecule has 1 atom stereocenters. The third-order valence-electron chi connectivity index (χ3n) is 5.33. The highest BCUT2D eigenvalue weighted by molar-refractivity contribution is 7.86. The number of phenols is 1. The predicted molar refractivity (Wildman–Crippen MR) is 162 cm³/mol. The van der Waals surface area contributed by atoms with E-state index in [-0.39, 0.29) is 17.3 Å². The highest BCUT2D eigenvalue weighted by Crippen LogP contribution is 2.39. The minimum Gasteiger partial charge on any atom is -0.507 e. The number of fused-ring (bicyclic) bond motifs is 2.